The van der Waals surface area contributed by atoms with Gasteiger partial charge in [-0.2, -0.15) is 0 Å². The van der Waals surface area contributed by atoms with Crippen LogP contribution in [0.5, 0.6) is 5.75 Å². The molecule has 0 unspecified atom stereocenters. The van der Waals surface area contributed by atoms with Crippen molar-refractivity contribution in [2.45, 2.75) is 6.42 Å². The molecule has 0 aromatic heterocycles. The zero-order valence-electron chi connectivity index (χ0n) is 7.80. The first kappa shape index (κ1) is 10.2. The fourth-order valence-corrected chi connectivity index (χ4v) is 1.05. The van der Waals surface area contributed by atoms with E-state index in [1.165, 1.54) is 0 Å². The molecule has 0 saturated carbocycles. The number of aldehydes is 1. The van der Waals surface area contributed by atoms with Crippen LogP contribution in [0, 0.1) is 0 Å². The summed E-state index contributed by atoms with van der Waals surface area (Å²) in [6.07, 6.45) is 0.855. The Bertz CT molecular complexity index is 330. The summed E-state index contributed by atoms with van der Waals surface area (Å²) in [5.41, 5.74) is 1.00. The maximum absolute atomic E-state index is 10.3. The van der Waals surface area contributed by atoms with Crippen LogP contribution >= 0.6 is 0 Å². The van der Waals surface area contributed by atoms with Gasteiger partial charge in [-0.25, -0.2) is 0 Å². The number of rotatable bonds is 4. The Balaban J connectivity index is 2.73. The third-order valence-corrected chi connectivity index (χ3v) is 1.81. The molecule has 1 aromatic carbocycles. The lowest BCUT2D eigenvalue weighted by Gasteiger charge is -2.01. The Labute approximate surface area is 81.8 Å². The third kappa shape index (κ3) is 2.58. The number of ether oxygens (including phenoxy) is 1. The first-order chi connectivity index (χ1) is 6.80. The van der Waals surface area contributed by atoms with Crippen molar-refractivity contribution in [3.8, 4) is 5.75 Å². The van der Waals surface area contributed by atoms with E-state index in [0.29, 0.717) is 12.7 Å². The van der Waals surface area contributed by atoms with Crippen molar-refractivity contribution < 1.29 is 14.7 Å². The fraction of sp³-hybridized carbons (Fsp3) is 0.200. The van der Waals surface area contributed by atoms with Crippen LogP contribution in [0.3, 0.4) is 0 Å². The maximum atomic E-state index is 10.3. The highest BCUT2D eigenvalue weighted by Crippen LogP contribution is 2.11. The molecule has 0 aliphatic heterocycles. The van der Waals surface area contributed by atoms with E-state index >= 15 is 0 Å². The Hall–Kier alpha value is -1.84. The summed E-state index contributed by atoms with van der Waals surface area (Å²) in [5, 5.41) is 11.3. The van der Waals surface area contributed by atoms with Crippen molar-refractivity contribution in [2.75, 3.05) is 7.11 Å². The molecule has 1 N–H and O–H groups in total. The van der Waals surface area contributed by atoms with E-state index in [-0.39, 0.29) is 5.71 Å². The summed E-state index contributed by atoms with van der Waals surface area (Å²) in [4.78, 5) is 10.3. The second-order valence-corrected chi connectivity index (χ2v) is 2.73. The molecule has 0 aliphatic carbocycles. The second-order valence-electron chi connectivity index (χ2n) is 2.73. The minimum atomic E-state index is 0.107. The van der Waals surface area contributed by atoms with Gasteiger partial charge in [-0.15, -0.1) is 0 Å². The minimum absolute atomic E-state index is 0.107. The van der Waals surface area contributed by atoms with Crippen molar-refractivity contribution in [1.29, 1.82) is 0 Å². The monoisotopic (exact) mass is 193 g/mol. The smallest absolute Gasteiger partial charge is 0.167 e. The van der Waals surface area contributed by atoms with E-state index in [2.05, 4.69) is 5.16 Å². The van der Waals surface area contributed by atoms with Crippen LogP contribution < -0.4 is 4.74 Å². The van der Waals surface area contributed by atoms with E-state index in [1.54, 1.807) is 19.2 Å². The van der Waals surface area contributed by atoms with Crippen molar-refractivity contribution >= 4 is 12.0 Å². The molecule has 14 heavy (non-hydrogen) atoms. The van der Waals surface area contributed by atoms with Crippen molar-refractivity contribution in [2.24, 2.45) is 5.16 Å². The van der Waals surface area contributed by atoms with Gasteiger partial charge in [-0.1, -0.05) is 17.3 Å². The third-order valence-electron chi connectivity index (χ3n) is 1.81. The maximum Gasteiger partial charge on any atom is 0.167 e. The second kappa shape index (κ2) is 5.01. The fourth-order valence-electron chi connectivity index (χ4n) is 1.05. The molecule has 74 valence electrons. The van der Waals surface area contributed by atoms with E-state index in [4.69, 9.17) is 9.94 Å². The predicted octanol–water partition coefficient (Wildman–Crippen LogP) is 1.27. The molecule has 0 radical (unpaired) electrons. The van der Waals surface area contributed by atoms with Crippen LogP contribution in [0.4, 0.5) is 0 Å². The Kier molecular flexibility index (Phi) is 3.67. The number of benzene rings is 1. The zero-order valence-corrected chi connectivity index (χ0v) is 7.80. The number of carbonyl (C=O) groups excluding carboxylic acids is 1. The summed E-state index contributed by atoms with van der Waals surface area (Å²) >= 11 is 0. The van der Waals surface area contributed by atoms with Gasteiger partial charge >= 0.3 is 0 Å². The van der Waals surface area contributed by atoms with Gasteiger partial charge in [0.1, 0.15) is 11.5 Å². The number of methoxy groups -OCH3 is 1. The standard InChI is InChI=1S/C10H11NO3/c1-14-10-4-2-8(3-5-10)6-9(7-12)11-13/h2-5,7,13H,6H2,1H3/b11-9+. The number of oxime groups is 1. The molecule has 0 heterocycles. The Morgan fingerprint density at radius 2 is 2.14 bits per heavy atom. The molecule has 1 aromatic rings. The number of nitrogens with zero attached hydrogens (tertiary/aromatic N) is 1. The molecule has 4 heteroatoms. The highest BCUT2D eigenvalue weighted by atomic mass is 16.5. The van der Waals surface area contributed by atoms with E-state index in [0.717, 1.165) is 11.3 Å². The van der Waals surface area contributed by atoms with Gasteiger partial charge < -0.3 is 9.94 Å². The van der Waals surface area contributed by atoms with Crippen LogP contribution in [0.15, 0.2) is 29.4 Å². The summed E-state index contributed by atoms with van der Waals surface area (Å²) < 4.78 is 4.98. The lowest BCUT2D eigenvalue weighted by atomic mass is 10.1. The molecular weight excluding hydrogens is 182 g/mol. The molecule has 0 spiro atoms. The van der Waals surface area contributed by atoms with Gasteiger partial charge in [0.2, 0.25) is 0 Å². The minimum Gasteiger partial charge on any atom is -0.497 e. The van der Waals surface area contributed by atoms with Gasteiger partial charge in [0.05, 0.1) is 7.11 Å². The molecular formula is C10H11NO3. The Morgan fingerprint density at radius 3 is 2.57 bits per heavy atom. The molecule has 1 rings (SSSR count). The molecule has 0 saturated heterocycles. The number of carbonyl (C=O) groups is 1. The van der Waals surface area contributed by atoms with Gasteiger partial charge in [-0.05, 0) is 17.7 Å². The van der Waals surface area contributed by atoms with Crippen molar-refractivity contribution in [3.63, 3.8) is 0 Å². The highest BCUT2D eigenvalue weighted by molar-refractivity contribution is 6.28. The van der Waals surface area contributed by atoms with E-state index in [9.17, 15) is 4.79 Å². The molecule has 0 atom stereocenters. The number of hydrogen-bond acceptors (Lipinski definition) is 4. The molecule has 4 nitrogen and oxygen atoms in total. The van der Waals surface area contributed by atoms with Gasteiger partial charge in [0, 0.05) is 6.42 Å². The average molecular weight is 193 g/mol. The van der Waals surface area contributed by atoms with Crippen molar-refractivity contribution in [3.05, 3.63) is 29.8 Å². The topological polar surface area (TPSA) is 58.9 Å². The van der Waals surface area contributed by atoms with Crippen LogP contribution in [0.2, 0.25) is 0 Å². The average Bonchev–Trinajstić information content (AvgIpc) is 2.26. The lowest BCUT2D eigenvalue weighted by Crippen LogP contribution is -2.04. The summed E-state index contributed by atoms with van der Waals surface area (Å²) in [7, 11) is 1.58. The first-order valence-electron chi connectivity index (χ1n) is 4.09. The Morgan fingerprint density at radius 1 is 1.50 bits per heavy atom. The zero-order chi connectivity index (χ0) is 10.4. The summed E-state index contributed by atoms with van der Waals surface area (Å²) in [6.45, 7) is 0. The predicted molar refractivity (Wildman–Crippen MR) is 52.0 cm³/mol. The van der Waals surface area contributed by atoms with Gasteiger partial charge in [0.25, 0.3) is 0 Å². The SMILES string of the molecule is COc1ccc(C/C(C=O)=N\O)cc1. The van der Waals surface area contributed by atoms with Gasteiger partial charge in [-0.3, -0.25) is 4.79 Å². The van der Waals surface area contributed by atoms with Crippen LogP contribution in [0.1, 0.15) is 5.56 Å². The quantitative estimate of drug-likeness (QED) is 0.339. The molecule has 0 amide bonds. The summed E-state index contributed by atoms with van der Waals surface area (Å²) in [6, 6.07) is 7.20. The van der Waals surface area contributed by atoms with Crippen molar-refractivity contribution in [1.82, 2.24) is 0 Å². The van der Waals surface area contributed by atoms with E-state index in [1.807, 2.05) is 12.1 Å². The molecule has 0 bridgehead atoms. The summed E-state index contributed by atoms with van der Waals surface area (Å²) in [5.74, 6) is 0.752. The molecule has 0 fully saturated rings. The van der Waals surface area contributed by atoms with Crippen LogP contribution in [-0.4, -0.2) is 24.3 Å². The lowest BCUT2D eigenvalue weighted by molar-refractivity contribution is -0.102. The van der Waals surface area contributed by atoms with Gasteiger partial charge in [0.15, 0.2) is 6.29 Å². The molecule has 0 aliphatic rings. The number of hydrogen-bond donors (Lipinski definition) is 1. The normalized spacial score (nSPS) is 11.1. The largest absolute Gasteiger partial charge is 0.497 e. The van der Waals surface area contributed by atoms with Crippen LogP contribution in [0.25, 0.3) is 0 Å². The first-order valence-corrected chi connectivity index (χ1v) is 4.09. The van der Waals surface area contributed by atoms with Crippen LogP contribution in [-0.2, 0) is 11.2 Å². The highest BCUT2D eigenvalue weighted by Gasteiger charge is 2.00. The van der Waals surface area contributed by atoms with E-state index < -0.39 is 0 Å².